The van der Waals surface area contributed by atoms with Crippen LogP contribution in [0.2, 0.25) is 10.0 Å². The van der Waals surface area contributed by atoms with Crippen molar-refractivity contribution in [2.75, 3.05) is 19.6 Å². The van der Waals surface area contributed by atoms with E-state index in [0.29, 0.717) is 30.1 Å². The molecule has 0 spiro atoms. The van der Waals surface area contributed by atoms with Gasteiger partial charge in [-0.3, -0.25) is 4.90 Å². The van der Waals surface area contributed by atoms with E-state index < -0.39 is 23.9 Å². The van der Waals surface area contributed by atoms with E-state index in [1.165, 1.54) is 18.2 Å². The van der Waals surface area contributed by atoms with Crippen molar-refractivity contribution in [3.63, 3.8) is 0 Å². The SMILES string of the molecule is CC(C)CN1CC(F)(c2ccc(C3=NOC(c4cc(Cl)cc(Cl)c4)(C(F)(F)F)C3)cc2)C1. The molecule has 32 heavy (non-hydrogen) atoms. The Labute approximate surface area is 193 Å². The predicted molar refractivity (Wildman–Crippen MR) is 117 cm³/mol. The first-order valence-corrected chi connectivity index (χ1v) is 11.0. The van der Waals surface area contributed by atoms with Gasteiger partial charge in [0.1, 0.15) is 0 Å². The third-order valence-corrected chi connectivity index (χ3v) is 6.26. The summed E-state index contributed by atoms with van der Waals surface area (Å²) in [5, 5.41) is 3.88. The van der Waals surface area contributed by atoms with Crippen LogP contribution in [0.1, 0.15) is 37.0 Å². The molecule has 4 rings (SSSR count). The second-order valence-electron chi connectivity index (χ2n) is 8.90. The Morgan fingerprint density at radius 3 is 2.16 bits per heavy atom. The molecule has 2 aliphatic rings. The Balaban J connectivity index is 1.54. The first-order valence-electron chi connectivity index (χ1n) is 10.2. The zero-order valence-electron chi connectivity index (χ0n) is 17.5. The molecule has 1 fully saturated rings. The number of benzene rings is 2. The number of hydrogen-bond acceptors (Lipinski definition) is 3. The Kier molecular flexibility index (Phi) is 5.97. The number of nitrogens with zero attached hydrogens (tertiary/aromatic N) is 2. The summed E-state index contributed by atoms with van der Waals surface area (Å²) in [6.45, 7) is 5.60. The molecule has 0 N–H and O–H groups in total. The minimum Gasteiger partial charge on any atom is -0.374 e. The number of likely N-dealkylation sites (tertiary alicyclic amines) is 1. The predicted octanol–water partition coefficient (Wildman–Crippen LogP) is 6.71. The van der Waals surface area contributed by atoms with Gasteiger partial charge in [-0.15, -0.1) is 0 Å². The summed E-state index contributed by atoms with van der Waals surface area (Å²) in [6, 6.07) is 10.1. The van der Waals surface area contributed by atoms with Crippen LogP contribution >= 0.6 is 23.2 Å². The first kappa shape index (κ1) is 23.3. The average Bonchev–Trinajstić information content (AvgIpc) is 3.12. The van der Waals surface area contributed by atoms with Crippen molar-refractivity contribution in [3.05, 3.63) is 69.2 Å². The van der Waals surface area contributed by atoms with E-state index in [2.05, 4.69) is 19.0 Å². The van der Waals surface area contributed by atoms with E-state index >= 15 is 4.39 Å². The second kappa shape index (κ2) is 8.19. The van der Waals surface area contributed by atoms with E-state index in [-0.39, 0.29) is 21.3 Å². The standard InChI is InChI=1S/C23H22Cl2F4N2O/c1-14(2)11-31-12-21(26,13-31)16-5-3-15(4-6-16)20-10-22(32-30-20,23(27,28)29)17-7-18(24)9-19(25)8-17/h3-9,14H,10-13H2,1-2H3. The topological polar surface area (TPSA) is 24.8 Å². The van der Waals surface area contributed by atoms with Crippen LogP contribution < -0.4 is 0 Å². The highest BCUT2D eigenvalue weighted by molar-refractivity contribution is 6.34. The highest BCUT2D eigenvalue weighted by Crippen LogP contribution is 2.49. The molecule has 0 aromatic heterocycles. The average molecular weight is 489 g/mol. The van der Waals surface area contributed by atoms with Crippen molar-refractivity contribution in [2.45, 2.75) is 37.7 Å². The third-order valence-electron chi connectivity index (χ3n) is 5.82. The van der Waals surface area contributed by atoms with Gasteiger partial charge >= 0.3 is 6.18 Å². The largest absolute Gasteiger partial charge is 0.435 e. The summed E-state index contributed by atoms with van der Waals surface area (Å²) in [5.41, 5.74) is -3.30. The van der Waals surface area contributed by atoms with Crippen molar-refractivity contribution in [1.82, 2.24) is 4.90 Å². The maximum absolute atomic E-state index is 15.2. The molecule has 9 heteroatoms. The van der Waals surface area contributed by atoms with E-state index in [9.17, 15) is 13.2 Å². The Hall–Kier alpha value is -1.83. The van der Waals surface area contributed by atoms with Gasteiger partial charge in [0.2, 0.25) is 0 Å². The second-order valence-corrected chi connectivity index (χ2v) is 9.77. The van der Waals surface area contributed by atoms with Crippen LogP contribution in [0.25, 0.3) is 0 Å². The van der Waals surface area contributed by atoms with Gasteiger partial charge in [0.15, 0.2) is 5.67 Å². The molecule has 2 aromatic carbocycles. The fraction of sp³-hybridized carbons (Fsp3) is 0.435. The molecule has 172 valence electrons. The molecule has 2 heterocycles. The lowest BCUT2D eigenvalue weighted by molar-refractivity contribution is -0.275. The van der Waals surface area contributed by atoms with E-state index in [0.717, 1.165) is 6.54 Å². The quantitative estimate of drug-likeness (QED) is 0.436. The summed E-state index contributed by atoms with van der Waals surface area (Å²) in [6.07, 6.45) is -5.31. The van der Waals surface area contributed by atoms with E-state index in [1.54, 1.807) is 24.3 Å². The first-order chi connectivity index (χ1) is 14.9. The van der Waals surface area contributed by atoms with Crippen LogP contribution in [0.3, 0.4) is 0 Å². The summed E-state index contributed by atoms with van der Waals surface area (Å²) in [5.74, 6) is 0.450. The van der Waals surface area contributed by atoms with Crippen LogP contribution in [-0.4, -0.2) is 36.4 Å². The van der Waals surface area contributed by atoms with Crippen molar-refractivity contribution in [3.8, 4) is 0 Å². The van der Waals surface area contributed by atoms with Gasteiger partial charge in [-0.25, -0.2) is 4.39 Å². The van der Waals surface area contributed by atoms with Gasteiger partial charge in [0.05, 0.1) is 5.71 Å². The molecule has 1 atom stereocenters. The molecule has 0 bridgehead atoms. The number of hydrogen-bond donors (Lipinski definition) is 0. The lowest BCUT2D eigenvalue weighted by Gasteiger charge is -2.45. The fourth-order valence-electron chi connectivity index (χ4n) is 4.30. The van der Waals surface area contributed by atoms with Crippen LogP contribution in [0.4, 0.5) is 17.6 Å². The summed E-state index contributed by atoms with van der Waals surface area (Å²) < 4.78 is 57.5. The van der Waals surface area contributed by atoms with Crippen molar-refractivity contribution < 1.29 is 22.4 Å². The van der Waals surface area contributed by atoms with Gasteiger partial charge in [-0.05, 0) is 35.2 Å². The molecule has 2 aliphatic heterocycles. The Morgan fingerprint density at radius 1 is 1.03 bits per heavy atom. The molecule has 0 aliphatic carbocycles. The molecule has 1 saturated heterocycles. The smallest absolute Gasteiger partial charge is 0.374 e. The van der Waals surface area contributed by atoms with Gasteiger partial charge in [0.25, 0.3) is 5.60 Å². The zero-order chi connectivity index (χ0) is 23.3. The summed E-state index contributed by atoms with van der Waals surface area (Å²) >= 11 is 11.9. The number of halogens is 6. The minimum absolute atomic E-state index is 0.0674. The van der Waals surface area contributed by atoms with Crippen molar-refractivity contribution in [1.29, 1.82) is 0 Å². The number of rotatable bonds is 5. The maximum Gasteiger partial charge on any atom is 0.435 e. The van der Waals surface area contributed by atoms with Gasteiger partial charge in [-0.1, -0.05) is 66.5 Å². The molecule has 0 radical (unpaired) electrons. The van der Waals surface area contributed by atoms with Gasteiger partial charge in [-0.2, -0.15) is 13.2 Å². The van der Waals surface area contributed by atoms with Crippen molar-refractivity contribution >= 4 is 28.9 Å². The molecule has 2 aromatic rings. The monoisotopic (exact) mass is 488 g/mol. The molecule has 1 unspecified atom stereocenters. The molecule has 0 saturated carbocycles. The van der Waals surface area contributed by atoms with Crippen LogP contribution in [0.5, 0.6) is 0 Å². The Bertz CT molecular complexity index is 1010. The summed E-state index contributed by atoms with van der Waals surface area (Å²) in [7, 11) is 0. The van der Waals surface area contributed by atoms with Crippen LogP contribution in [-0.2, 0) is 16.1 Å². The number of alkyl halides is 4. The molecule has 3 nitrogen and oxygen atoms in total. The van der Waals surface area contributed by atoms with Crippen molar-refractivity contribution in [2.24, 2.45) is 11.1 Å². The third kappa shape index (κ3) is 4.22. The van der Waals surface area contributed by atoms with E-state index in [1.807, 2.05) is 4.90 Å². The highest BCUT2D eigenvalue weighted by atomic mass is 35.5. The normalized spacial score (nSPS) is 23.1. The van der Waals surface area contributed by atoms with Gasteiger partial charge in [0, 0.05) is 41.7 Å². The lowest BCUT2D eigenvalue weighted by atomic mass is 9.84. The van der Waals surface area contributed by atoms with E-state index in [4.69, 9.17) is 28.0 Å². The molecular formula is C23H22Cl2F4N2O. The van der Waals surface area contributed by atoms with Gasteiger partial charge < -0.3 is 4.84 Å². The lowest BCUT2D eigenvalue weighted by Crippen LogP contribution is -2.57. The van der Waals surface area contributed by atoms with Crippen LogP contribution in [0, 0.1) is 5.92 Å². The number of oxime groups is 1. The Morgan fingerprint density at radius 2 is 1.62 bits per heavy atom. The molecule has 0 amide bonds. The summed E-state index contributed by atoms with van der Waals surface area (Å²) in [4.78, 5) is 7.06. The highest BCUT2D eigenvalue weighted by Gasteiger charge is 2.62. The zero-order valence-corrected chi connectivity index (χ0v) is 19.0. The maximum atomic E-state index is 15.2. The fourth-order valence-corrected chi connectivity index (χ4v) is 4.82. The molecular weight excluding hydrogens is 467 g/mol. The minimum atomic E-state index is -4.76. The van der Waals surface area contributed by atoms with Crippen LogP contribution in [0.15, 0.2) is 47.6 Å².